The highest BCUT2D eigenvalue weighted by atomic mass is 16.6. The number of benzene rings is 1. The Balaban J connectivity index is 1.34. The molecular formula is C18H22N4O3. The summed E-state index contributed by atoms with van der Waals surface area (Å²) in [5, 5.41) is 10.5. The number of carbonyl (C=O) groups is 1. The van der Waals surface area contributed by atoms with Crippen molar-refractivity contribution in [2.45, 2.75) is 12.0 Å². The van der Waals surface area contributed by atoms with Crippen LogP contribution in [0.25, 0.3) is 0 Å². The number of aromatic nitrogens is 2. The van der Waals surface area contributed by atoms with Crippen LogP contribution in [0.5, 0.6) is 11.5 Å². The number of fused-ring (bicyclic) bond motifs is 1. The molecule has 4 rings (SSSR count). The number of carbonyl (C=O) groups excluding carboxylic acids is 1. The summed E-state index contributed by atoms with van der Waals surface area (Å²) < 4.78 is 13.3. The highest BCUT2D eigenvalue weighted by molar-refractivity contribution is 5.80. The van der Waals surface area contributed by atoms with E-state index in [1.54, 1.807) is 4.68 Å². The maximum Gasteiger partial charge on any atom is 0.225 e. The van der Waals surface area contributed by atoms with E-state index in [0.717, 1.165) is 23.6 Å². The summed E-state index contributed by atoms with van der Waals surface area (Å²) in [6.07, 6.45) is 3.64. The molecule has 7 heteroatoms. The lowest BCUT2D eigenvalue weighted by Gasteiger charge is -2.27. The van der Waals surface area contributed by atoms with Crippen molar-refractivity contribution in [2.75, 3.05) is 26.2 Å². The van der Waals surface area contributed by atoms with Crippen LogP contribution in [0.3, 0.4) is 0 Å². The van der Waals surface area contributed by atoms with Crippen LogP contribution in [0.1, 0.15) is 11.5 Å². The van der Waals surface area contributed by atoms with Gasteiger partial charge in [-0.1, -0.05) is 12.1 Å². The monoisotopic (exact) mass is 342 g/mol. The first-order valence-corrected chi connectivity index (χ1v) is 8.56. The fraction of sp³-hybridized carbons (Fsp3) is 0.444. The Morgan fingerprint density at radius 2 is 2.20 bits per heavy atom. The molecule has 2 aliphatic heterocycles. The molecule has 1 amide bonds. The predicted octanol–water partition coefficient (Wildman–Crippen LogP) is 0.679. The first-order valence-electron chi connectivity index (χ1n) is 8.56. The third kappa shape index (κ3) is 3.32. The molecule has 0 saturated carbocycles. The Morgan fingerprint density at radius 1 is 1.36 bits per heavy atom. The lowest BCUT2D eigenvalue weighted by atomic mass is 9.90. The van der Waals surface area contributed by atoms with Crippen LogP contribution in [0.2, 0.25) is 0 Å². The van der Waals surface area contributed by atoms with Gasteiger partial charge in [0.05, 0.1) is 18.7 Å². The number of aryl methyl sites for hydroxylation is 1. The van der Waals surface area contributed by atoms with Crippen LogP contribution in [0.15, 0.2) is 36.7 Å². The van der Waals surface area contributed by atoms with E-state index in [9.17, 15) is 4.79 Å². The molecule has 1 aromatic heterocycles. The molecule has 3 atom stereocenters. The second-order valence-electron chi connectivity index (χ2n) is 6.56. The van der Waals surface area contributed by atoms with Crippen molar-refractivity contribution in [1.82, 2.24) is 20.4 Å². The molecule has 0 aliphatic carbocycles. The molecule has 3 heterocycles. The lowest BCUT2D eigenvalue weighted by molar-refractivity contribution is -0.125. The van der Waals surface area contributed by atoms with E-state index < -0.39 is 0 Å². The minimum Gasteiger partial charge on any atom is -0.486 e. The lowest BCUT2D eigenvalue weighted by Crippen LogP contribution is -2.43. The molecule has 1 unspecified atom stereocenters. The number of hydrogen-bond acceptors (Lipinski definition) is 5. The third-order valence-corrected chi connectivity index (χ3v) is 4.78. The van der Waals surface area contributed by atoms with Gasteiger partial charge in [0, 0.05) is 32.3 Å². The minimum absolute atomic E-state index is 0.0429. The van der Waals surface area contributed by atoms with Crippen molar-refractivity contribution in [2.24, 2.45) is 13.0 Å². The van der Waals surface area contributed by atoms with Crippen molar-refractivity contribution < 1.29 is 14.3 Å². The van der Waals surface area contributed by atoms with Gasteiger partial charge in [0.1, 0.15) is 12.7 Å². The van der Waals surface area contributed by atoms with Gasteiger partial charge in [-0.05, 0) is 17.7 Å². The predicted molar refractivity (Wildman–Crippen MR) is 91.7 cm³/mol. The summed E-state index contributed by atoms with van der Waals surface area (Å²) in [6.45, 7) is 2.34. The summed E-state index contributed by atoms with van der Waals surface area (Å²) in [6, 6.07) is 7.58. The Labute approximate surface area is 146 Å². The summed E-state index contributed by atoms with van der Waals surface area (Å²) in [5.41, 5.74) is 1.10. The van der Waals surface area contributed by atoms with Crippen LogP contribution in [0.4, 0.5) is 0 Å². The number of para-hydroxylation sites is 2. The van der Waals surface area contributed by atoms with Gasteiger partial charge in [-0.2, -0.15) is 5.10 Å². The van der Waals surface area contributed by atoms with Crippen LogP contribution in [-0.2, 0) is 11.8 Å². The van der Waals surface area contributed by atoms with Crippen molar-refractivity contribution in [3.63, 3.8) is 0 Å². The standard InChI is InChI=1S/C18H22N4O3/c1-22-10-12(6-21-22)14-8-19-9-15(14)18(23)20-7-13-11-24-16-4-2-3-5-17(16)25-13/h2-6,10,13-15,19H,7-9,11H2,1H3,(H,20,23)/t13?,14-,15+/m1/s1. The normalized spacial score (nSPS) is 24.9. The zero-order valence-electron chi connectivity index (χ0n) is 14.1. The average molecular weight is 342 g/mol. The molecule has 7 nitrogen and oxygen atoms in total. The third-order valence-electron chi connectivity index (χ3n) is 4.78. The van der Waals surface area contributed by atoms with Crippen molar-refractivity contribution in [1.29, 1.82) is 0 Å². The Bertz CT molecular complexity index is 760. The molecule has 1 fully saturated rings. The molecular weight excluding hydrogens is 320 g/mol. The number of amides is 1. The molecule has 1 aromatic carbocycles. The quantitative estimate of drug-likeness (QED) is 0.854. The maximum absolute atomic E-state index is 12.6. The molecule has 0 bridgehead atoms. The molecule has 1 saturated heterocycles. The van der Waals surface area contributed by atoms with Gasteiger partial charge in [0.2, 0.25) is 5.91 Å². The molecule has 25 heavy (non-hydrogen) atoms. The van der Waals surface area contributed by atoms with Crippen molar-refractivity contribution in [3.8, 4) is 11.5 Å². The smallest absolute Gasteiger partial charge is 0.225 e. The summed E-state index contributed by atoms with van der Waals surface area (Å²) >= 11 is 0. The van der Waals surface area contributed by atoms with Gasteiger partial charge >= 0.3 is 0 Å². The number of hydrogen-bond donors (Lipinski definition) is 2. The van der Waals surface area contributed by atoms with Crippen LogP contribution in [-0.4, -0.2) is 48.0 Å². The number of nitrogens with one attached hydrogen (secondary N) is 2. The zero-order chi connectivity index (χ0) is 17.2. The fourth-order valence-corrected chi connectivity index (χ4v) is 3.45. The van der Waals surface area contributed by atoms with Gasteiger partial charge in [0.25, 0.3) is 0 Å². The second kappa shape index (κ2) is 6.76. The van der Waals surface area contributed by atoms with Crippen LogP contribution < -0.4 is 20.1 Å². The number of nitrogens with zero attached hydrogens (tertiary/aromatic N) is 2. The van der Waals surface area contributed by atoms with Crippen molar-refractivity contribution in [3.05, 3.63) is 42.2 Å². The molecule has 0 radical (unpaired) electrons. The van der Waals surface area contributed by atoms with Gasteiger partial charge in [-0.15, -0.1) is 0 Å². The molecule has 0 spiro atoms. The van der Waals surface area contributed by atoms with E-state index >= 15 is 0 Å². The first kappa shape index (κ1) is 16.0. The van der Waals surface area contributed by atoms with Crippen molar-refractivity contribution >= 4 is 5.91 Å². The van der Waals surface area contributed by atoms with Gasteiger partial charge in [-0.3, -0.25) is 9.48 Å². The SMILES string of the molecule is Cn1cc([C@H]2CNC[C@@H]2C(=O)NCC2COc3ccccc3O2)cn1. The minimum atomic E-state index is -0.176. The first-order chi connectivity index (χ1) is 12.2. The Kier molecular flexibility index (Phi) is 4.31. The van der Waals surface area contributed by atoms with Gasteiger partial charge in [0.15, 0.2) is 11.5 Å². The molecule has 2 N–H and O–H groups in total. The zero-order valence-corrected chi connectivity index (χ0v) is 14.1. The van der Waals surface area contributed by atoms with Gasteiger partial charge in [-0.25, -0.2) is 0 Å². The second-order valence-corrected chi connectivity index (χ2v) is 6.56. The van der Waals surface area contributed by atoms with E-state index in [1.165, 1.54) is 0 Å². The summed E-state index contributed by atoms with van der Waals surface area (Å²) in [4.78, 5) is 12.6. The Morgan fingerprint density at radius 3 is 3.00 bits per heavy atom. The van der Waals surface area contributed by atoms with Gasteiger partial charge < -0.3 is 20.1 Å². The number of rotatable bonds is 4. The molecule has 2 aromatic rings. The Hall–Kier alpha value is -2.54. The highest BCUT2D eigenvalue weighted by Gasteiger charge is 2.35. The fourth-order valence-electron chi connectivity index (χ4n) is 3.45. The summed E-state index contributed by atoms with van der Waals surface area (Å²) in [5.74, 6) is 1.57. The topological polar surface area (TPSA) is 77.4 Å². The van der Waals surface area contributed by atoms with E-state index in [-0.39, 0.29) is 23.8 Å². The maximum atomic E-state index is 12.6. The largest absolute Gasteiger partial charge is 0.486 e. The van der Waals surface area contributed by atoms with E-state index in [1.807, 2.05) is 43.7 Å². The van der Waals surface area contributed by atoms with Crippen LogP contribution >= 0.6 is 0 Å². The average Bonchev–Trinajstić information content (AvgIpc) is 3.28. The highest BCUT2D eigenvalue weighted by Crippen LogP contribution is 2.31. The molecule has 2 aliphatic rings. The van der Waals surface area contributed by atoms with E-state index in [4.69, 9.17) is 9.47 Å². The van der Waals surface area contributed by atoms with E-state index in [0.29, 0.717) is 19.7 Å². The molecule has 132 valence electrons. The number of ether oxygens (including phenoxy) is 2. The van der Waals surface area contributed by atoms with E-state index in [2.05, 4.69) is 15.7 Å². The summed E-state index contributed by atoms with van der Waals surface area (Å²) in [7, 11) is 1.89. The van der Waals surface area contributed by atoms with Crippen LogP contribution in [0, 0.1) is 5.92 Å².